The molecule has 5 heteroatoms. The van der Waals surface area contributed by atoms with Crippen LogP contribution in [-0.4, -0.2) is 4.57 Å². The second-order valence-electron chi connectivity index (χ2n) is 4.85. The first-order chi connectivity index (χ1) is 9.99. The highest BCUT2D eigenvalue weighted by molar-refractivity contribution is 9.10. The molecule has 0 spiro atoms. The summed E-state index contributed by atoms with van der Waals surface area (Å²) >= 11 is 3.15. The van der Waals surface area contributed by atoms with E-state index in [1.807, 2.05) is 12.1 Å². The molecule has 3 nitrogen and oxygen atoms in total. The van der Waals surface area contributed by atoms with E-state index >= 15 is 0 Å². The molecule has 3 aromatic rings. The summed E-state index contributed by atoms with van der Waals surface area (Å²) in [4.78, 5) is 12.7. The molecule has 1 heterocycles. The van der Waals surface area contributed by atoms with Crippen LogP contribution in [0.1, 0.15) is 5.56 Å². The van der Waals surface area contributed by atoms with Gasteiger partial charge in [0, 0.05) is 5.39 Å². The minimum Gasteiger partial charge on any atom is -0.385 e. The normalized spacial score (nSPS) is 11.0. The molecule has 0 atom stereocenters. The quantitative estimate of drug-likeness (QED) is 0.728. The van der Waals surface area contributed by atoms with Crippen molar-refractivity contribution in [3.63, 3.8) is 0 Å². The largest absolute Gasteiger partial charge is 0.385 e. The van der Waals surface area contributed by atoms with Gasteiger partial charge in [0.25, 0.3) is 5.56 Å². The molecule has 0 bridgehead atoms. The third kappa shape index (κ3) is 2.23. The Labute approximate surface area is 128 Å². The van der Waals surface area contributed by atoms with Crippen molar-refractivity contribution < 1.29 is 4.39 Å². The van der Waals surface area contributed by atoms with Crippen LogP contribution in [0.5, 0.6) is 0 Å². The smallest absolute Gasteiger partial charge is 0.264 e. The number of nitrogen functional groups attached to an aromatic ring is 1. The van der Waals surface area contributed by atoms with E-state index in [0.717, 1.165) is 5.39 Å². The van der Waals surface area contributed by atoms with E-state index in [0.29, 0.717) is 26.9 Å². The molecule has 0 fully saturated rings. The Morgan fingerprint density at radius 2 is 1.90 bits per heavy atom. The molecule has 0 saturated carbocycles. The van der Waals surface area contributed by atoms with Gasteiger partial charge in [0.15, 0.2) is 0 Å². The molecule has 106 valence electrons. The summed E-state index contributed by atoms with van der Waals surface area (Å²) in [6, 6.07) is 11.9. The van der Waals surface area contributed by atoms with Crippen molar-refractivity contribution in [2.45, 2.75) is 6.92 Å². The Hall–Kier alpha value is -2.14. The van der Waals surface area contributed by atoms with Gasteiger partial charge < -0.3 is 5.73 Å². The van der Waals surface area contributed by atoms with E-state index in [9.17, 15) is 9.18 Å². The van der Waals surface area contributed by atoms with Crippen LogP contribution in [0.2, 0.25) is 0 Å². The molecule has 3 rings (SSSR count). The number of nitrogens with two attached hydrogens (primary N) is 1. The Balaban J connectivity index is 2.41. The van der Waals surface area contributed by atoms with E-state index in [1.54, 1.807) is 31.2 Å². The predicted octanol–water partition coefficient (Wildman–Crippen LogP) is 3.78. The topological polar surface area (TPSA) is 48.0 Å². The lowest BCUT2D eigenvalue weighted by Gasteiger charge is -2.14. The summed E-state index contributed by atoms with van der Waals surface area (Å²) in [7, 11) is 0. The summed E-state index contributed by atoms with van der Waals surface area (Å²) in [5, 5.41) is 1.36. The molecule has 0 aliphatic heterocycles. The van der Waals surface area contributed by atoms with Crippen molar-refractivity contribution in [2.24, 2.45) is 0 Å². The molecule has 0 unspecified atom stereocenters. The number of aryl methyl sites for hydroxylation is 1. The lowest BCUT2D eigenvalue weighted by molar-refractivity contribution is 0.619. The Bertz CT molecular complexity index is 918. The number of nitrogens with zero attached hydrogens (tertiary/aromatic N) is 1. The van der Waals surface area contributed by atoms with Crippen molar-refractivity contribution in [1.29, 1.82) is 0 Å². The Morgan fingerprint density at radius 1 is 1.19 bits per heavy atom. The lowest BCUT2D eigenvalue weighted by atomic mass is 10.1. The zero-order valence-electron chi connectivity index (χ0n) is 11.2. The van der Waals surface area contributed by atoms with Gasteiger partial charge in [0.05, 0.1) is 10.2 Å². The lowest BCUT2D eigenvalue weighted by Crippen LogP contribution is -2.22. The molecule has 0 radical (unpaired) electrons. The highest BCUT2D eigenvalue weighted by Crippen LogP contribution is 2.25. The van der Waals surface area contributed by atoms with Gasteiger partial charge in [-0.15, -0.1) is 0 Å². The van der Waals surface area contributed by atoms with E-state index in [-0.39, 0.29) is 11.4 Å². The molecule has 2 aromatic carbocycles. The SMILES string of the molecule is Cc1cc(F)c(Br)cc1-n1c(N)cc2ccccc2c1=O. The van der Waals surface area contributed by atoms with Crippen molar-refractivity contribution in [3.05, 3.63) is 68.7 Å². The minimum atomic E-state index is -0.372. The standard InChI is InChI=1S/C16H12BrFN2O/c1-9-6-13(18)12(17)8-14(9)20-15(19)7-10-4-2-3-5-11(10)16(20)21/h2-8H,19H2,1H3. The van der Waals surface area contributed by atoms with Crippen molar-refractivity contribution in [2.75, 3.05) is 5.73 Å². The fourth-order valence-corrected chi connectivity index (χ4v) is 2.74. The van der Waals surface area contributed by atoms with Crippen molar-refractivity contribution >= 4 is 32.5 Å². The van der Waals surface area contributed by atoms with E-state index < -0.39 is 0 Å². The molecule has 0 saturated heterocycles. The third-order valence-corrected chi connectivity index (χ3v) is 4.04. The van der Waals surface area contributed by atoms with E-state index in [2.05, 4.69) is 15.9 Å². The number of anilines is 1. The number of rotatable bonds is 1. The highest BCUT2D eigenvalue weighted by atomic mass is 79.9. The fourth-order valence-electron chi connectivity index (χ4n) is 2.40. The molecule has 0 amide bonds. The molecule has 2 N–H and O–H groups in total. The minimum absolute atomic E-state index is 0.216. The summed E-state index contributed by atoms with van der Waals surface area (Å²) in [6.45, 7) is 1.74. The van der Waals surface area contributed by atoms with Gasteiger partial charge >= 0.3 is 0 Å². The Morgan fingerprint density at radius 3 is 2.67 bits per heavy atom. The van der Waals surface area contributed by atoms with Crippen LogP contribution in [0.15, 0.2) is 51.7 Å². The summed E-state index contributed by atoms with van der Waals surface area (Å²) < 4.78 is 15.3. The maximum absolute atomic E-state index is 13.6. The van der Waals surface area contributed by atoms with Crippen molar-refractivity contribution in [1.82, 2.24) is 4.57 Å². The molecular formula is C16H12BrFN2O. The first kappa shape index (κ1) is 13.8. The highest BCUT2D eigenvalue weighted by Gasteiger charge is 2.13. The van der Waals surface area contributed by atoms with Gasteiger partial charge in [0.2, 0.25) is 0 Å². The number of hydrogen-bond donors (Lipinski definition) is 1. The number of pyridine rings is 1. The van der Waals surface area contributed by atoms with Crippen LogP contribution < -0.4 is 11.3 Å². The predicted molar refractivity (Wildman–Crippen MR) is 86.4 cm³/mol. The van der Waals surface area contributed by atoms with Crippen molar-refractivity contribution in [3.8, 4) is 5.69 Å². The molecule has 21 heavy (non-hydrogen) atoms. The maximum Gasteiger partial charge on any atom is 0.264 e. The maximum atomic E-state index is 13.6. The third-order valence-electron chi connectivity index (χ3n) is 3.44. The Kier molecular flexibility index (Phi) is 3.29. The summed E-state index contributed by atoms with van der Waals surface area (Å²) in [6.07, 6.45) is 0. The van der Waals surface area contributed by atoms with Gasteiger partial charge in [-0.25, -0.2) is 4.39 Å². The fraction of sp³-hybridized carbons (Fsp3) is 0.0625. The average molecular weight is 347 g/mol. The van der Waals surface area contributed by atoms with Gasteiger partial charge in [0.1, 0.15) is 11.6 Å². The molecule has 0 aliphatic carbocycles. The van der Waals surface area contributed by atoms with Crippen LogP contribution in [0.3, 0.4) is 0 Å². The van der Waals surface area contributed by atoms with Gasteiger partial charge in [-0.1, -0.05) is 18.2 Å². The molecule has 0 aliphatic rings. The van der Waals surface area contributed by atoms with Crippen LogP contribution in [0, 0.1) is 12.7 Å². The number of halogens is 2. The number of aromatic nitrogens is 1. The number of fused-ring (bicyclic) bond motifs is 1. The zero-order valence-corrected chi connectivity index (χ0v) is 12.8. The molecular weight excluding hydrogens is 335 g/mol. The van der Waals surface area contributed by atoms with Gasteiger partial charge in [-0.2, -0.15) is 0 Å². The van der Waals surface area contributed by atoms with E-state index in [1.165, 1.54) is 10.6 Å². The van der Waals surface area contributed by atoms with E-state index in [4.69, 9.17) is 5.73 Å². The van der Waals surface area contributed by atoms with Gasteiger partial charge in [-0.05, 0) is 58.1 Å². The number of hydrogen-bond acceptors (Lipinski definition) is 2. The second kappa shape index (κ2) is 5.00. The average Bonchev–Trinajstić information content (AvgIpc) is 2.44. The second-order valence-corrected chi connectivity index (χ2v) is 5.70. The first-order valence-electron chi connectivity index (χ1n) is 6.35. The van der Waals surface area contributed by atoms with Gasteiger partial charge in [-0.3, -0.25) is 9.36 Å². The zero-order chi connectivity index (χ0) is 15.1. The van der Waals surface area contributed by atoms with Crippen LogP contribution in [-0.2, 0) is 0 Å². The van der Waals surface area contributed by atoms with Crippen LogP contribution >= 0.6 is 15.9 Å². The summed E-state index contributed by atoms with van der Waals surface area (Å²) in [5.74, 6) is -0.0519. The monoisotopic (exact) mass is 346 g/mol. The summed E-state index contributed by atoms with van der Waals surface area (Å²) in [5.41, 5.74) is 7.02. The van der Waals surface area contributed by atoms with Crippen LogP contribution in [0.4, 0.5) is 10.2 Å². The molecule has 1 aromatic heterocycles. The first-order valence-corrected chi connectivity index (χ1v) is 7.14. The van der Waals surface area contributed by atoms with Crippen LogP contribution in [0.25, 0.3) is 16.5 Å². The number of benzene rings is 2.